The average molecular weight is 580 g/mol. The summed E-state index contributed by atoms with van der Waals surface area (Å²) in [7, 11) is -1.50. The van der Waals surface area contributed by atoms with Crippen LogP contribution in [0.2, 0.25) is 0 Å². The van der Waals surface area contributed by atoms with E-state index < -0.39 is 24.9 Å². The van der Waals surface area contributed by atoms with Crippen LogP contribution in [0.15, 0.2) is 58.0 Å². The number of benzene rings is 2. The Morgan fingerprint density at radius 1 is 1.24 bits per heavy atom. The first kappa shape index (κ1) is 29.4. The van der Waals surface area contributed by atoms with E-state index in [2.05, 4.69) is 20.4 Å². The molecule has 0 saturated carbocycles. The van der Waals surface area contributed by atoms with E-state index in [9.17, 15) is 19.7 Å². The van der Waals surface area contributed by atoms with E-state index in [4.69, 9.17) is 25.7 Å². The number of aromatic nitrogens is 1. The van der Waals surface area contributed by atoms with Crippen LogP contribution in [0.5, 0.6) is 11.5 Å². The monoisotopic (exact) mass is 580 g/mol. The van der Waals surface area contributed by atoms with E-state index >= 15 is 0 Å². The van der Waals surface area contributed by atoms with Crippen LogP contribution in [-0.4, -0.2) is 70.9 Å². The normalized spacial score (nSPS) is 15.2. The number of oxime groups is 1. The van der Waals surface area contributed by atoms with E-state index in [0.717, 1.165) is 16.9 Å². The fourth-order valence-corrected chi connectivity index (χ4v) is 4.48. The molecule has 0 bridgehead atoms. The molecule has 1 aromatic heterocycles. The maximum Gasteiger partial charge on any atom is 0.547 e. The molecule has 4 rings (SSSR count). The lowest BCUT2D eigenvalue weighted by Crippen LogP contribution is -2.54. The van der Waals surface area contributed by atoms with Gasteiger partial charge >= 0.3 is 13.1 Å². The zero-order valence-corrected chi connectivity index (χ0v) is 23.1. The van der Waals surface area contributed by atoms with Crippen molar-refractivity contribution in [2.24, 2.45) is 15.9 Å². The SMILES string of the molecule is CC(C)N=C(N)c1ccc(OCCON=C(C(=O)NC2Cc3cccc(C(=O)O)c3OB2O)c2csc(N)n2)cc1. The number of carboxylic acid groups (broad SMARTS) is 1. The van der Waals surface area contributed by atoms with Crippen LogP contribution < -0.4 is 26.2 Å². The standard InChI is InChI=1S/C26H29BN6O7S/c1-14(2)30-23(28)15-6-8-17(9-7-15)38-10-11-39-33-21(19-13-41-26(29)31-19)24(34)32-20-12-16-4-3-5-18(25(35)36)22(16)40-27(20)37/h3-9,13-14,20,37H,10-12H2,1-2H3,(H2,28,30)(H2,29,31)(H,32,34)(H,35,36). The first-order valence-corrected chi connectivity index (χ1v) is 13.5. The van der Waals surface area contributed by atoms with Crippen molar-refractivity contribution in [3.63, 3.8) is 0 Å². The third-order valence-corrected chi connectivity index (χ3v) is 6.47. The molecule has 1 unspecified atom stereocenters. The molecular weight excluding hydrogens is 551 g/mol. The van der Waals surface area contributed by atoms with Crippen LogP contribution in [0, 0.1) is 0 Å². The van der Waals surface area contributed by atoms with Crippen molar-refractivity contribution >= 4 is 47.0 Å². The first-order valence-electron chi connectivity index (χ1n) is 12.6. The van der Waals surface area contributed by atoms with E-state index in [1.54, 1.807) is 41.8 Å². The van der Waals surface area contributed by atoms with Crippen LogP contribution in [0.1, 0.15) is 41.0 Å². The lowest BCUT2D eigenvalue weighted by atomic mass is 9.72. The minimum absolute atomic E-state index is 0.00953. The Hall–Kier alpha value is -4.63. The number of nitrogens with one attached hydrogen (secondary N) is 1. The molecule has 0 spiro atoms. The van der Waals surface area contributed by atoms with Gasteiger partial charge in [0.2, 0.25) is 0 Å². The summed E-state index contributed by atoms with van der Waals surface area (Å²) in [6.45, 7) is 4.02. The lowest BCUT2D eigenvalue weighted by molar-refractivity contribution is -0.115. The number of para-hydroxylation sites is 1. The van der Waals surface area contributed by atoms with Crippen molar-refractivity contribution < 1.29 is 33.9 Å². The number of nitrogens with two attached hydrogens (primary N) is 2. The topological polar surface area (TPSA) is 204 Å². The number of hydrogen-bond donors (Lipinski definition) is 5. The number of rotatable bonds is 11. The maximum atomic E-state index is 13.2. The number of amides is 1. The third kappa shape index (κ3) is 7.52. The molecule has 15 heteroatoms. The van der Waals surface area contributed by atoms with Gasteiger partial charge in [-0.05, 0) is 56.2 Å². The highest BCUT2D eigenvalue weighted by Crippen LogP contribution is 2.30. The molecule has 1 aliphatic heterocycles. The predicted octanol–water partition coefficient (Wildman–Crippen LogP) is 1.48. The molecule has 0 aliphatic carbocycles. The number of aliphatic imine (C=N–C) groups is 1. The van der Waals surface area contributed by atoms with Crippen molar-refractivity contribution in [2.45, 2.75) is 32.3 Å². The summed E-state index contributed by atoms with van der Waals surface area (Å²) in [5, 5.41) is 28.3. The van der Waals surface area contributed by atoms with Gasteiger partial charge < -0.3 is 41.1 Å². The quantitative estimate of drug-likeness (QED) is 0.0726. The zero-order chi connectivity index (χ0) is 29.5. The van der Waals surface area contributed by atoms with E-state index in [-0.39, 0.29) is 53.5 Å². The largest absolute Gasteiger partial charge is 0.547 e. The smallest absolute Gasteiger partial charge is 0.534 e. The van der Waals surface area contributed by atoms with E-state index in [1.807, 2.05) is 13.8 Å². The highest BCUT2D eigenvalue weighted by molar-refractivity contribution is 7.13. The molecule has 41 heavy (non-hydrogen) atoms. The van der Waals surface area contributed by atoms with Crippen LogP contribution in [0.4, 0.5) is 5.13 Å². The lowest BCUT2D eigenvalue weighted by Gasteiger charge is -2.28. The van der Waals surface area contributed by atoms with Gasteiger partial charge in [-0.3, -0.25) is 9.79 Å². The molecule has 7 N–H and O–H groups in total. The summed E-state index contributed by atoms with van der Waals surface area (Å²) in [6, 6.07) is 11.8. The first-order chi connectivity index (χ1) is 19.6. The summed E-state index contributed by atoms with van der Waals surface area (Å²) < 4.78 is 11.1. The molecular formula is C26H29BN6O7S. The summed E-state index contributed by atoms with van der Waals surface area (Å²) in [6.07, 6.45) is 0.123. The Morgan fingerprint density at radius 3 is 2.66 bits per heavy atom. The number of ether oxygens (including phenoxy) is 1. The molecule has 0 radical (unpaired) electrons. The average Bonchev–Trinajstić information content (AvgIpc) is 3.36. The Kier molecular flexibility index (Phi) is 9.42. The third-order valence-electron chi connectivity index (χ3n) is 5.79. The molecule has 2 heterocycles. The number of carbonyl (C=O) groups is 2. The minimum Gasteiger partial charge on any atom is -0.534 e. The van der Waals surface area contributed by atoms with Crippen LogP contribution in [-0.2, 0) is 16.1 Å². The number of fused-ring (bicyclic) bond motifs is 1. The number of nitrogen functional groups attached to an aromatic ring is 1. The van der Waals surface area contributed by atoms with Gasteiger partial charge in [0.1, 0.15) is 29.6 Å². The second-order valence-electron chi connectivity index (χ2n) is 9.22. The van der Waals surface area contributed by atoms with E-state index in [1.165, 1.54) is 6.07 Å². The van der Waals surface area contributed by atoms with Gasteiger partial charge in [0.25, 0.3) is 5.91 Å². The second kappa shape index (κ2) is 13.2. The molecule has 2 aromatic carbocycles. The Balaban J connectivity index is 1.38. The number of anilines is 1. The molecule has 214 valence electrons. The van der Waals surface area contributed by atoms with Gasteiger partial charge in [-0.2, -0.15) is 0 Å². The molecule has 0 saturated heterocycles. The minimum atomic E-state index is -1.50. The second-order valence-corrected chi connectivity index (χ2v) is 10.1. The summed E-state index contributed by atoms with van der Waals surface area (Å²) in [4.78, 5) is 38.4. The summed E-state index contributed by atoms with van der Waals surface area (Å²) in [5.74, 6) is -1.69. The number of hydrogen-bond acceptors (Lipinski definition) is 11. The highest BCUT2D eigenvalue weighted by atomic mass is 32.1. The van der Waals surface area contributed by atoms with Gasteiger partial charge in [-0.15, -0.1) is 11.3 Å². The van der Waals surface area contributed by atoms with Crippen molar-refractivity contribution in [2.75, 3.05) is 18.9 Å². The number of carbonyl (C=O) groups excluding carboxylic acids is 1. The van der Waals surface area contributed by atoms with Crippen molar-refractivity contribution in [3.05, 3.63) is 70.2 Å². The fourth-order valence-electron chi connectivity index (χ4n) is 3.94. The molecule has 1 atom stereocenters. The summed E-state index contributed by atoms with van der Waals surface area (Å²) in [5.41, 5.74) is 13.0. The molecule has 0 fully saturated rings. The highest BCUT2D eigenvalue weighted by Gasteiger charge is 2.38. The fraction of sp³-hybridized carbons (Fsp3) is 0.269. The van der Waals surface area contributed by atoms with Gasteiger partial charge in [0, 0.05) is 17.0 Å². The van der Waals surface area contributed by atoms with Crippen LogP contribution in [0.3, 0.4) is 0 Å². The number of nitrogens with zero attached hydrogens (tertiary/aromatic N) is 3. The molecule has 3 aromatic rings. The van der Waals surface area contributed by atoms with Crippen molar-refractivity contribution in [3.8, 4) is 11.5 Å². The number of thiazole rings is 1. The number of aromatic carboxylic acids is 1. The van der Waals surface area contributed by atoms with Crippen LogP contribution >= 0.6 is 11.3 Å². The van der Waals surface area contributed by atoms with Gasteiger partial charge in [0.15, 0.2) is 17.5 Å². The van der Waals surface area contributed by atoms with Crippen molar-refractivity contribution in [1.82, 2.24) is 10.3 Å². The Labute approximate surface area is 240 Å². The van der Waals surface area contributed by atoms with E-state index in [0.29, 0.717) is 17.1 Å². The molecule has 13 nitrogen and oxygen atoms in total. The van der Waals surface area contributed by atoms with Gasteiger partial charge in [-0.1, -0.05) is 17.3 Å². The zero-order valence-electron chi connectivity index (χ0n) is 22.3. The number of carboxylic acids is 1. The molecule has 1 amide bonds. The summed E-state index contributed by atoms with van der Waals surface area (Å²) >= 11 is 1.12. The molecule has 1 aliphatic rings. The number of amidine groups is 1. The Morgan fingerprint density at radius 2 is 2.00 bits per heavy atom. The van der Waals surface area contributed by atoms with Crippen molar-refractivity contribution in [1.29, 1.82) is 0 Å². The van der Waals surface area contributed by atoms with Crippen LogP contribution in [0.25, 0.3) is 0 Å². The van der Waals surface area contributed by atoms with Gasteiger partial charge in [0.05, 0.1) is 11.5 Å². The predicted molar refractivity (Wildman–Crippen MR) is 154 cm³/mol. The Bertz CT molecular complexity index is 1460. The maximum absolute atomic E-state index is 13.2. The van der Waals surface area contributed by atoms with Gasteiger partial charge in [-0.25, -0.2) is 9.78 Å².